The summed E-state index contributed by atoms with van der Waals surface area (Å²) >= 11 is 0. The minimum atomic E-state index is -0.333. The first-order chi connectivity index (χ1) is 16.1. The van der Waals surface area contributed by atoms with E-state index in [9.17, 15) is 9.59 Å². The van der Waals surface area contributed by atoms with Crippen molar-refractivity contribution in [3.8, 4) is 11.5 Å². The maximum atomic E-state index is 12.3. The standard InChI is InChI=1S/C27H38O7/c1-16-21(26-22(11-12-27(4,5)34-26)17(2)25(16)31-18(3)28)10-9-19-14-20(15-23(29)32-19)33-24-8-6-7-13-30-24/h19-20,24H,6-15H2,1-5H3/t19-,20-,24?/m0/s1. The van der Waals surface area contributed by atoms with E-state index in [2.05, 4.69) is 13.8 Å². The molecule has 1 aromatic rings. The molecule has 2 saturated heterocycles. The number of hydrogen-bond donors (Lipinski definition) is 0. The van der Waals surface area contributed by atoms with E-state index in [-0.39, 0.29) is 42.5 Å². The summed E-state index contributed by atoms with van der Waals surface area (Å²) in [6, 6.07) is 0. The van der Waals surface area contributed by atoms with E-state index in [0.29, 0.717) is 31.6 Å². The van der Waals surface area contributed by atoms with Crippen molar-refractivity contribution in [1.29, 1.82) is 0 Å². The lowest BCUT2D eigenvalue weighted by Gasteiger charge is -2.36. The Morgan fingerprint density at radius 2 is 1.97 bits per heavy atom. The van der Waals surface area contributed by atoms with Crippen molar-refractivity contribution < 1.29 is 33.3 Å². The van der Waals surface area contributed by atoms with Gasteiger partial charge < -0.3 is 23.7 Å². The molecule has 0 N–H and O–H groups in total. The Bertz CT molecular complexity index is 930. The quantitative estimate of drug-likeness (QED) is 0.429. The summed E-state index contributed by atoms with van der Waals surface area (Å²) in [6.45, 7) is 10.3. The van der Waals surface area contributed by atoms with Crippen LogP contribution in [0.2, 0.25) is 0 Å². The lowest BCUT2D eigenvalue weighted by Crippen LogP contribution is -2.38. The maximum Gasteiger partial charge on any atom is 0.308 e. The summed E-state index contributed by atoms with van der Waals surface area (Å²) in [6.07, 6.45) is 6.36. The molecule has 0 radical (unpaired) electrons. The maximum absolute atomic E-state index is 12.3. The fourth-order valence-corrected chi connectivity index (χ4v) is 5.32. The Morgan fingerprint density at radius 1 is 1.18 bits per heavy atom. The first-order valence-corrected chi connectivity index (χ1v) is 12.6. The summed E-state index contributed by atoms with van der Waals surface area (Å²) in [5, 5.41) is 0. The van der Waals surface area contributed by atoms with Crippen LogP contribution in [-0.2, 0) is 36.6 Å². The average Bonchev–Trinajstić information content (AvgIpc) is 2.76. The first kappa shape index (κ1) is 25.0. The lowest BCUT2D eigenvalue weighted by atomic mass is 9.86. The van der Waals surface area contributed by atoms with Gasteiger partial charge in [0.05, 0.1) is 12.5 Å². The molecular weight excluding hydrogens is 436 g/mol. The average molecular weight is 475 g/mol. The zero-order chi connectivity index (χ0) is 24.5. The molecule has 2 fully saturated rings. The van der Waals surface area contributed by atoms with E-state index in [1.165, 1.54) is 6.92 Å². The van der Waals surface area contributed by atoms with Crippen LogP contribution < -0.4 is 9.47 Å². The zero-order valence-electron chi connectivity index (χ0n) is 21.2. The number of carbonyl (C=O) groups excluding carboxylic acids is 2. The molecule has 1 aromatic carbocycles. The first-order valence-electron chi connectivity index (χ1n) is 12.6. The third-order valence-corrected chi connectivity index (χ3v) is 7.15. The number of hydrogen-bond acceptors (Lipinski definition) is 7. The SMILES string of the molecule is CC(=O)Oc1c(C)c(CC[C@H]2C[C@H](OC3CCCCO3)CC(=O)O2)c2c(c1C)CCC(C)(C)O2. The second-order valence-corrected chi connectivity index (χ2v) is 10.5. The predicted molar refractivity (Wildman–Crippen MR) is 126 cm³/mol. The molecule has 0 spiro atoms. The molecule has 0 aromatic heterocycles. The second kappa shape index (κ2) is 10.2. The van der Waals surface area contributed by atoms with Gasteiger partial charge in [-0.15, -0.1) is 0 Å². The largest absolute Gasteiger partial charge is 0.487 e. The third kappa shape index (κ3) is 5.74. The highest BCUT2D eigenvalue weighted by Gasteiger charge is 2.35. The van der Waals surface area contributed by atoms with Gasteiger partial charge in [-0.25, -0.2) is 0 Å². The van der Waals surface area contributed by atoms with E-state index in [1.807, 2.05) is 13.8 Å². The number of ether oxygens (including phenoxy) is 5. The number of cyclic esters (lactones) is 1. The van der Waals surface area contributed by atoms with Crippen molar-refractivity contribution in [2.45, 2.75) is 117 Å². The van der Waals surface area contributed by atoms with Gasteiger partial charge in [0, 0.05) is 31.1 Å². The summed E-state index contributed by atoms with van der Waals surface area (Å²) in [7, 11) is 0. The molecule has 0 saturated carbocycles. The van der Waals surface area contributed by atoms with Gasteiger partial charge in [-0.05, 0) is 83.8 Å². The van der Waals surface area contributed by atoms with E-state index in [4.69, 9.17) is 23.7 Å². The van der Waals surface area contributed by atoms with Gasteiger partial charge in [-0.1, -0.05) is 0 Å². The molecule has 0 bridgehead atoms. The van der Waals surface area contributed by atoms with Crippen LogP contribution in [0, 0.1) is 13.8 Å². The molecule has 3 heterocycles. The van der Waals surface area contributed by atoms with E-state index in [0.717, 1.165) is 60.1 Å². The van der Waals surface area contributed by atoms with Gasteiger partial charge in [0.2, 0.25) is 0 Å². The van der Waals surface area contributed by atoms with Crippen LogP contribution in [-0.4, -0.2) is 42.6 Å². The van der Waals surface area contributed by atoms with Crippen molar-refractivity contribution in [3.05, 3.63) is 22.3 Å². The minimum Gasteiger partial charge on any atom is -0.487 e. The van der Waals surface area contributed by atoms with Gasteiger partial charge in [0.25, 0.3) is 0 Å². The lowest BCUT2D eigenvalue weighted by molar-refractivity contribution is -0.209. The molecule has 0 amide bonds. The van der Waals surface area contributed by atoms with Gasteiger partial charge in [0.1, 0.15) is 23.2 Å². The summed E-state index contributed by atoms with van der Waals surface area (Å²) in [5.41, 5.74) is 3.74. The Balaban J connectivity index is 1.53. The molecule has 4 rings (SSSR count). The highest BCUT2D eigenvalue weighted by atomic mass is 16.7. The minimum absolute atomic E-state index is 0.186. The Hall–Kier alpha value is -2.12. The Kier molecular flexibility index (Phi) is 7.53. The van der Waals surface area contributed by atoms with Gasteiger partial charge in [0.15, 0.2) is 6.29 Å². The normalized spacial score (nSPS) is 26.3. The number of carbonyl (C=O) groups is 2. The Morgan fingerprint density at radius 3 is 2.68 bits per heavy atom. The van der Waals surface area contributed by atoms with Crippen LogP contribution in [0.3, 0.4) is 0 Å². The molecule has 3 aliphatic heterocycles. The van der Waals surface area contributed by atoms with Gasteiger partial charge in [-0.3, -0.25) is 9.59 Å². The number of fused-ring (bicyclic) bond motifs is 1. The summed E-state index contributed by atoms with van der Waals surface area (Å²) < 4.78 is 29.6. The van der Waals surface area contributed by atoms with Crippen molar-refractivity contribution in [2.24, 2.45) is 0 Å². The monoisotopic (exact) mass is 474 g/mol. The molecule has 7 nitrogen and oxygen atoms in total. The predicted octanol–water partition coefficient (Wildman–Crippen LogP) is 4.88. The molecule has 7 heteroatoms. The van der Waals surface area contributed by atoms with E-state index >= 15 is 0 Å². The van der Waals surface area contributed by atoms with Gasteiger partial charge in [-0.2, -0.15) is 0 Å². The van der Waals surface area contributed by atoms with Crippen molar-refractivity contribution in [1.82, 2.24) is 0 Å². The molecular formula is C27H38O7. The highest BCUT2D eigenvalue weighted by Crippen LogP contribution is 2.45. The van der Waals surface area contributed by atoms with Gasteiger partial charge >= 0.3 is 11.9 Å². The molecule has 3 atom stereocenters. The zero-order valence-corrected chi connectivity index (χ0v) is 21.2. The Labute approximate surface area is 202 Å². The fraction of sp³-hybridized carbons (Fsp3) is 0.704. The molecule has 1 unspecified atom stereocenters. The number of esters is 2. The van der Waals surface area contributed by atoms with Crippen LogP contribution >= 0.6 is 0 Å². The van der Waals surface area contributed by atoms with E-state index < -0.39 is 0 Å². The van der Waals surface area contributed by atoms with Crippen LogP contribution in [0.15, 0.2) is 0 Å². The van der Waals surface area contributed by atoms with Crippen molar-refractivity contribution >= 4 is 11.9 Å². The highest BCUT2D eigenvalue weighted by molar-refractivity contribution is 5.72. The third-order valence-electron chi connectivity index (χ3n) is 7.15. The molecule has 188 valence electrons. The smallest absolute Gasteiger partial charge is 0.308 e. The second-order valence-electron chi connectivity index (χ2n) is 10.5. The molecule has 34 heavy (non-hydrogen) atoms. The number of benzene rings is 1. The topological polar surface area (TPSA) is 80.3 Å². The van der Waals surface area contributed by atoms with Crippen LogP contribution in [0.5, 0.6) is 11.5 Å². The van der Waals surface area contributed by atoms with Crippen LogP contribution in [0.1, 0.15) is 88.0 Å². The molecule has 3 aliphatic rings. The summed E-state index contributed by atoms with van der Waals surface area (Å²) in [5.74, 6) is 0.964. The van der Waals surface area contributed by atoms with Crippen molar-refractivity contribution in [2.75, 3.05) is 6.61 Å². The van der Waals surface area contributed by atoms with Crippen LogP contribution in [0.4, 0.5) is 0 Å². The fourth-order valence-electron chi connectivity index (χ4n) is 5.32. The van der Waals surface area contributed by atoms with Crippen molar-refractivity contribution in [3.63, 3.8) is 0 Å². The van der Waals surface area contributed by atoms with E-state index in [1.54, 1.807) is 0 Å². The summed E-state index contributed by atoms with van der Waals surface area (Å²) in [4.78, 5) is 24.1. The number of rotatable bonds is 6. The van der Waals surface area contributed by atoms with Crippen LogP contribution in [0.25, 0.3) is 0 Å². The molecule has 0 aliphatic carbocycles.